The molecule has 12 atom stereocenters. The van der Waals surface area contributed by atoms with E-state index in [1.54, 1.807) is 48.5 Å². The Morgan fingerprint density at radius 1 is 1.20 bits per heavy atom. The molecule has 3 aliphatic rings. The second-order valence-corrected chi connectivity index (χ2v) is 17.4. The Bertz CT molecular complexity index is 1490. The van der Waals surface area contributed by atoms with Gasteiger partial charge in [-0.1, -0.05) is 25.9 Å². The number of carbonyl (C=O) groups is 3. The molecule has 0 aliphatic carbocycles. The van der Waals surface area contributed by atoms with Crippen LogP contribution >= 0.6 is 8.46 Å². The molecule has 0 aromatic carbocycles. The van der Waals surface area contributed by atoms with Crippen molar-refractivity contribution in [1.29, 1.82) is 0 Å². The molecule has 0 bridgehead atoms. The van der Waals surface area contributed by atoms with Crippen molar-refractivity contribution in [3.8, 4) is 0 Å². The minimum atomic E-state index is -1.32. The van der Waals surface area contributed by atoms with Crippen LogP contribution < -0.4 is 5.32 Å². The lowest BCUT2D eigenvalue weighted by molar-refractivity contribution is -0.266. The number of methoxy groups -OCH3 is 1. The fourth-order valence-electron chi connectivity index (χ4n) is 8.41. The van der Waals surface area contributed by atoms with Crippen LogP contribution in [0, 0.1) is 11.8 Å². The molecular weight excluding hydrogens is 747 g/mol. The van der Waals surface area contributed by atoms with Gasteiger partial charge < -0.3 is 43.7 Å². The molecule has 0 radical (unpaired) electrons. The van der Waals surface area contributed by atoms with E-state index in [0.29, 0.717) is 31.4 Å². The van der Waals surface area contributed by atoms with E-state index in [9.17, 15) is 24.1 Å². The van der Waals surface area contributed by atoms with Gasteiger partial charge in [-0.2, -0.15) is 0 Å². The molecule has 2 N–H and O–H groups in total. The van der Waals surface area contributed by atoms with Crippen molar-refractivity contribution in [2.24, 2.45) is 17.0 Å². The summed E-state index contributed by atoms with van der Waals surface area (Å²) < 4.78 is 49.7. The topological polar surface area (TPSA) is 211 Å². The first-order valence-corrected chi connectivity index (χ1v) is 20.5. The Kier molecular flexibility index (Phi) is 16.6. The number of ether oxygens (including phenoxy) is 6. The van der Waals surface area contributed by atoms with Gasteiger partial charge in [0.05, 0.1) is 41.6 Å². The van der Waals surface area contributed by atoms with Crippen LogP contribution in [0.4, 0.5) is 4.79 Å². The number of amides is 2. The summed E-state index contributed by atoms with van der Waals surface area (Å²) in [5.41, 5.74) is 5.80. The number of nitrogens with one attached hydrogen (secondary N) is 1. The second kappa shape index (κ2) is 19.6. The van der Waals surface area contributed by atoms with E-state index < -0.39 is 77.1 Å². The molecule has 0 spiro atoms. The van der Waals surface area contributed by atoms with Gasteiger partial charge in [0.2, 0.25) is 11.7 Å². The number of aliphatic hydroxyl groups is 1. The van der Waals surface area contributed by atoms with Crippen LogP contribution in [0.3, 0.4) is 0 Å². The number of esters is 1. The fourth-order valence-corrected chi connectivity index (χ4v) is 9.18. The molecule has 3 aliphatic heterocycles. The first-order chi connectivity index (χ1) is 26.1. The molecule has 2 saturated heterocycles. The Balaban J connectivity index is 1.97. The minimum absolute atomic E-state index is 0.119. The monoisotopic (exact) mass is 812 g/mol. The number of aliphatic hydroxyl groups excluding tert-OH is 1. The molecule has 3 heterocycles. The number of carbonyl (C=O) groups excluding carboxylic acids is 3. The van der Waals surface area contributed by atoms with E-state index in [-0.39, 0.29) is 51.6 Å². The molecular formula is C38H65N6O11P. The van der Waals surface area contributed by atoms with E-state index in [1.165, 1.54) is 12.0 Å². The average molecular weight is 813 g/mol. The van der Waals surface area contributed by atoms with Crippen LogP contribution in [-0.2, 0) is 42.6 Å². The summed E-state index contributed by atoms with van der Waals surface area (Å²) in [4.78, 5) is 46.7. The van der Waals surface area contributed by atoms with Crippen LogP contribution in [0.15, 0.2) is 16.4 Å². The molecule has 318 valence electrons. The maximum atomic E-state index is 14.2. The number of azide groups is 1. The number of unbranched alkanes of at least 4 members (excludes halogenated alkanes) is 1. The third-order valence-corrected chi connectivity index (χ3v) is 12.3. The average Bonchev–Trinajstić information content (AvgIpc) is 3.39. The van der Waals surface area contributed by atoms with E-state index >= 15 is 0 Å². The highest BCUT2D eigenvalue weighted by atomic mass is 31.1. The molecule has 3 unspecified atom stereocenters. The SMILES string of the molecule is CC[C@@H](O)[C@@]1(C)OC(=O)N(CCCCN=[N+]=[N-])[C@@H]1[C@@H](C)NC(=O)[C@H](C)C[C@@](C)(OC)[C@H](O[C@@H]1OC(C)CC(N(C)C)C1P=O)[C@@H](C)C1=C(C)C(=O)OC(C)(C)O1. The van der Waals surface area contributed by atoms with Gasteiger partial charge in [-0.3, -0.25) is 14.3 Å². The van der Waals surface area contributed by atoms with Gasteiger partial charge in [-0.15, -0.1) is 0 Å². The lowest BCUT2D eigenvalue weighted by atomic mass is 9.80. The molecule has 0 aromatic rings. The van der Waals surface area contributed by atoms with E-state index in [2.05, 4.69) is 15.3 Å². The highest BCUT2D eigenvalue weighted by molar-refractivity contribution is 7.25. The second-order valence-electron chi connectivity index (χ2n) is 16.6. The van der Waals surface area contributed by atoms with E-state index in [0.717, 1.165) is 0 Å². The van der Waals surface area contributed by atoms with Crippen molar-refractivity contribution in [1.82, 2.24) is 15.1 Å². The van der Waals surface area contributed by atoms with Gasteiger partial charge in [0.15, 0.2) is 20.4 Å². The van der Waals surface area contributed by atoms with E-state index in [4.69, 9.17) is 34.0 Å². The lowest BCUT2D eigenvalue weighted by Crippen LogP contribution is -2.61. The van der Waals surface area contributed by atoms with Crippen molar-refractivity contribution in [2.75, 3.05) is 34.3 Å². The molecule has 18 heteroatoms. The Labute approximate surface area is 333 Å². The van der Waals surface area contributed by atoms with Gasteiger partial charge in [0.25, 0.3) is 0 Å². The van der Waals surface area contributed by atoms with Crippen molar-refractivity contribution >= 4 is 26.4 Å². The highest BCUT2D eigenvalue weighted by Gasteiger charge is 2.57. The Morgan fingerprint density at radius 2 is 1.86 bits per heavy atom. The molecule has 2 fully saturated rings. The van der Waals surface area contributed by atoms with Gasteiger partial charge in [0, 0.05) is 56.8 Å². The van der Waals surface area contributed by atoms with Gasteiger partial charge in [-0.05, 0) is 86.3 Å². The summed E-state index contributed by atoms with van der Waals surface area (Å²) >= 11 is 0. The largest absolute Gasteiger partial charge is 0.456 e. The van der Waals surface area contributed by atoms with Crippen LogP contribution in [0.25, 0.3) is 10.4 Å². The number of nitrogens with zero attached hydrogens (tertiary/aromatic N) is 5. The third kappa shape index (κ3) is 10.7. The van der Waals surface area contributed by atoms with E-state index in [1.807, 2.05) is 39.8 Å². The Morgan fingerprint density at radius 3 is 2.43 bits per heavy atom. The number of cyclic esters (lactones) is 2. The van der Waals surface area contributed by atoms with Crippen molar-refractivity contribution in [2.45, 2.75) is 167 Å². The molecule has 56 heavy (non-hydrogen) atoms. The molecule has 3 rings (SSSR count). The maximum Gasteiger partial charge on any atom is 0.410 e. The highest BCUT2D eigenvalue weighted by Crippen LogP contribution is 2.42. The fraction of sp³-hybridized carbons (Fsp3) is 0.868. The summed E-state index contributed by atoms with van der Waals surface area (Å²) in [5, 5.41) is 17.7. The zero-order chi connectivity index (χ0) is 42.3. The summed E-state index contributed by atoms with van der Waals surface area (Å²) in [5.74, 6) is -3.14. The predicted molar refractivity (Wildman–Crippen MR) is 208 cm³/mol. The standard InChI is InChI=1S/C38H65N6O11P/c1-14-27(45)38(10)30(44(35(48)55-38)18-16-15-17-40-42-39)25(6)41-32(46)21(2)20-37(9,50-13)31(23(4)28-24(5)33(47)54-36(7,8)53-28)52-34-29(56-49)26(43(11)12)19-22(3)51-34/h21-23,25-27,29-31,34,45H,14-20H2,1-13H3,(H,41,46)/t21-,22?,23+,25-,26?,27-,29?,30-,31-,34+,37-,38-/m1/s1. The lowest BCUT2D eigenvalue weighted by Gasteiger charge is -2.47. The first-order valence-electron chi connectivity index (χ1n) is 19.6. The normalized spacial score (nSPS) is 30.3. The summed E-state index contributed by atoms with van der Waals surface area (Å²) in [6, 6.07) is -1.51. The van der Waals surface area contributed by atoms with Crippen LogP contribution in [-0.4, -0.2) is 133 Å². The van der Waals surface area contributed by atoms with Crippen molar-refractivity contribution < 1.29 is 52.5 Å². The molecule has 0 aromatic heterocycles. The first kappa shape index (κ1) is 47.3. The molecule has 17 nitrogen and oxygen atoms in total. The number of hydrogen-bond donors (Lipinski definition) is 2. The number of rotatable bonds is 20. The van der Waals surface area contributed by atoms with Crippen LogP contribution in [0.2, 0.25) is 0 Å². The quantitative estimate of drug-likeness (QED) is 0.0379. The van der Waals surface area contributed by atoms with Crippen LogP contribution in [0.1, 0.15) is 101 Å². The van der Waals surface area contributed by atoms with Crippen LogP contribution in [0.5, 0.6) is 0 Å². The predicted octanol–water partition coefficient (Wildman–Crippen LogP) is 5.69. The third-order valence-electron chi connectivity index (χ3n) is 11.5. The Hall–Kier alpha value is -3.04. The maximum absolute atomic E-state index is 14.2. The van der Waals surface area contributed by atoms with Crippen molar-refractivity contribution in [3.63, 3.8) is 0 Å². The summed E-state index contributed by atoms with van der Waals surface area (Å²) in [6.07, 6.45) is -1.55. The van der Waals surface area contributed by atoms with Crippen molar-refractivity contribution in [3.05, 3.63) is 21.8 Å². The molecule has 2 amide bonds. The van der Waals surface area contributed by atoms with Gasteiger partial charge in [0.1, 0.15) is 11.4 Å². The zero-order valence-corrected chi connectivity index (χ0v) is 36.3. The summed E-state index contributed by atoms with van der Waals surface area (Å²) in [6.45, 7) is 18.0. The number of hydrogen-bond acceptors (Lipinski definition) is 13. The van der Waals surface area contributed by atoms with Gasteiger partial charge >= 0.3 is 12.1 Å². The van der Waals surface area contributed by atoms with Gasteiger partial charge in [-0.25, -0.2) is 9.59 Å². The molecule has 0 saturated carbocycles. The smallest absolute Gasteiger partial charge is 0.410 e. The minimum Gasteiger partial charge on any atom is -0.456 e. The summed E-state index contributed by atoms with van der Waals surface area (Å²) in [7, 11) is 5.19. The zero-order valence-electron chi connectivity index (χ0n) is 35.4.